The summed E-state index contributed by atoms with van der Waals surface area (Å²) in [6.45, 7) is 2.70. The van der Waals surface area contributed by atoms with Gasteiger partial charge < -0.3 is 9.47 Å². The van der Waals surface area contributed by atoms with Crippen LogP contribution in [-0.4, -0.2) is 28.0 Å². The molecule has 3 aromatic rings. The van der Waals surface area contributed by atoms with Crippen LogP contribution in [0.1, 0.15) is 31.7 Å². The SMILES string of the molecule is C/C(=C(/OCCCCCOc1ccc(Cl)cc1)c1ccc(F)cc1F)n1cncn1. The molecule has 1 heterocycles. The highest BCUT2D eigenvalue weighted by Gasteiger charge is 2.15. The number of allylic oxidation sites excluding steroid dienone is 1. The van der Waals surface area contributed by atoms with Gasteiger partial charge in [-0.2, -0.15) is 5.10 Å². The molecule has 0 N–H and O–H groups in total. The fourth-order valence-electron chi connectivity index (χ4n) is 2.81. The Labute approximate surface area is 178 Å². The van der Waals surface area contributed by atoms with E-state index in [1.807, 2.05) is 12.1 Å². The van der Waals surface area contributed by atoms with E-state index in [9.17, 15) is 8.78 Å². The number of halogens is 3. The Bertz CT molecular complexity index is 977. The fraction of sp³-hybridized carbons (Fsp3) is 0.273. The molecule has 0 spiro atoms. The Kier molecular flexibility index (Phi) is 7.79. The van der Waals surface area contributed by atoms with E-state index in [0.717, 1.165) is 31.1 Å². The van der Waals surface area contributed by atoms with Gasteiger partial charge >= 0.3 is 0 Å². The van der Waals surface area contributed by atoms with Gasteiger partial charge in [-0.05, 0) is 62.6 Å². The molecule has 0 bridgehead atoms. The first-order valence-corrected chi connectivity index (χ1v) is 9.95. The highest BCUT2D eigenvalue weighted by molar-refractivity contribution is 6.30. The molecule has 0 aliphatic heterocycles. The van der Waals surface area contributed by atoms with Gasteiger partial charge in [0.25, 0.3) is 0 Å². The van der Waals surface area contributed by atoms with E-state index < -0.39 is 11.6 Å². The molecule has 2 aromatic carbocycles. The molecule has 5 nitrogen and oxygen atoms in total. The molecule has 0 unspecified atom stereocenters. The van der Waals surface area contributed by atoms with Gasteiger partial charge in [0.2, 0.25) is 0 Å². The molecule has 8 heteroatoms. The summed E-state index contributed by atoms with van der Waals surface area (Å²) in [6, 6.07) is 10.6. The molecule has 0 aliphatic rings. The quantitative estimate of drug-likeness (QED) is 0.298. The van der Waals surface area contributed by atoms with Gasteiger partial charge in [0.1, 0.15) is 30.0 Å². The average Bonchev–Trinajstić information content (AvgIpc) is 3.27. The van der Waals surface area contributed by atoms with Crippen molar-refractivity contribution in [2.45, 2.75) is 26.2 Å². The zero-order chi connectivity index (χ0) is 21.3. The Hall–Kier alpha value is -2.93. The number of benzene rings is 2. The van der Waals surface area contributed by atoms with Crippen LogP contribution < -0.4 is 4.74 Å². The number of hydrogen-bond donors (Lipinski definition) is 0. The number of hydrogen-bond acceptors (Lipinski definition) is 4. The molecule has 0 amide bonds. The standard InChI is InChI=1S/C22H22ClF2N3O2/c1-16(28-15-26-14-27-28)22(20-10-7-18(24)13-21(20)25)30-12-4-2-3-11-29-19-8-5-17(23)6-9-19/h5-10,13-15H,2-4,11-12H2,1H3/b22-16-. The Balaban J connectivity index is 1.54. The summed E-state index contributed by atoms with van der Waals surface area (Å²) in [5.41, 5.74) is 0.736. The van der Waals surface area contributed by atoms with Crippen LogP contribution in [0.3, 0.4) is 0 Å². The van der Waals surface area contributed by atoms with Crippen molar-refractivity contribution in [1.29, 1.82) is 0 Å². The van der Waals surface area contributed by atoms with Crippen molar-refractivity contribution in [1.82, 2.24) is 14.8 Å². The third-order valence-corrected chi connectivity index (χ3v) is 4.64. The van der Waals surface area contributed by atoms with Gasteiger partial charge in [0.05, 0.1) is 24.5 Å². The first-order chi connectivity index (χ1) is 14.5. The number of rotatable bonds is 10. The third kappa shape index (κ3) is 6.03. The number of nitrogens with zero attached hydrogens (tertiary/aromatic N) is 3. The number of unbranched alkanes of at least 4 members (excludes halogenated alkanes) is 2. The van der Waals surface area contributed by atoms with Crippen molar-refractivity contribution < 1.29 is 18.3 Å². The minimum absolute atomic E-state index is 0.176. The van der Waals surface area contributed by atoms with Crippen LogP contribution in [-0.2, 0) is 4.74 Å². The van der Waals surface area contributed by atoms with Gasteiger partial charge in [0, 0.05) is 11.1 Å². The first-order valence-electron chi connectivity index (χ1n) is 9.57. The lowest BCUT2D eigenvalue weighted by Crippen LogP contribution is -2.05. The van der Waals surface area contributed by atoms with E-state index in [-0.39, 0.29) is 5.56 Å². The summed E-state index contributed by atoms with van der Waals surface area (Å²) in [5.74, 6) is -0.262. The number of ether oxygens (including phenoxy) is 2. The highest BCUT2D eigenvalue weighted by atomic mass is 35.5. The van der Waals surface area contributed by atoms with Gasteiger partial charge in [-0.3, -0.25) is 0 Å². The minimum Gasteiger partial charge on any atom is -0.494 e. The Morgan fingerprint density at radius 2 is 1.80 bits per heavy atom. The summed E-state index contributed by atoms with van der Waals surface area (Å²) >= 11 is 5.85. The predicted octanol–water partition coefficient (Wildman–Crippen LogP) is 5.82. The summed E-state index contributed by atoms with van der Waals surface area (Å²) in [4.78, 5) is 3.90. The van der Waals surface area contributed by atoms with Crippen molar-refractivity contribution in [3.63, 3.8) is 0 Å². The first kappa shape index (κ1) is 21.8. The largest absolute Gasteiger partial charge is 0.494 e. The monoisotopic (exact) mass is 433 g/mol. The van der Waals surface area contributed by atoms with Gasteiger partial charge in [-0.15, -0.1) is 0 Å². The summed E-state index contributed by atoms with van der Waals surface area (Å²) in [6.07, 6.45) is 5.34. The molecule has 3 rings (SSSR count). The summed E-state index contributed by atoms with van der Waals surface area (Å²) in [7, 11) is 0. The van der Waals surface area contributed by atoms with Crippen LogP contribution in [0.25, 0.3) is 11.5 Å². The zero-order valence-electron chi connectivity index (χ0n) is 16.5. The summed E-state index contributed by atoms with van der Waals surface area (Å²) in [5, 5.41) is 4.73. The normalized spacial score (nSPS) is 11.9. The van der Waals surface area contributed by atoms with E-state index >= 15 is 0 Å². The van der Waals surface area contributed by atoms with Crippen LogP contribution in [0.15, 0.2) is 55.1 Å². The molecule has 0 saturated heterocycles. The second kappa shape index (κ2) is 10.7. The van der Waals surface area contributed by atoms with Gasteiger partial charge in [-0.25, -0.2) is 18.4 Å². The van der Waals surface area contributed by atoms with Crippen LogP contribution in [0.2, 0.25) is 5.02 Å². The fourth-order valence-corrected chi connectivity index (χ4v) is 2.94. The lowest BCUT2D eigenvalue weighted by Gasteiger charge is -2.15. The van der Waals surface area contributed by atoms with Gasteiger partial charge in [0.15, 0.2) is 5.76 Å². The zero-order valence-corrected chi connectivity index (χ0v) is 17.3. The van der Waals surface area contributed by atoms with E-state index in [1.54, 1.807) is 19.1 Å². The van der Waals surface area contributed by atoms with Crippen molar-refractivity contribution in [3.05, 3.63) is 77.3 Å². The molecule has 0 saturated carbocycles. The lowest BCUT2D eigenvalue weighted by molar-refractivity contribution is 0.254. The molecular weight excluding hydrogens is 412 g/mol. The van der Waals surface area contributed by atoms with Crippen LogP contribution in [0.4, 0.5) is 8.78 Å². The highest BCUT2D eigenvalue weighted by Crippen LogP contribution is 2.26. The van der Waals surface area contributed by atoms with Crippen LogP contribution in [0, 0.1) is 11.6 Å². The van der Waals surface area contributed by atoms with Crippen LogP contribution >= 0.6 is 11.6 Å². The molecule has 0 atom stereocenters. The maximum atomic E-state index is 14.3. The second-order valence-corrected chi connectivity index (χ2v) is 7.03. The van der Waals surface area contributed by atoms with E-state index in [1.165, 1.54) is 29.5 Å². The Morgan fingerprint density at radius 1 is 1.03 bits per heavy atom. The maximum absolute atomic E-state index is 14.3. The Morgan fingerprint density at radius 3 is 2.50 bits per heavy atom. The van der Waals surface area contributed by atoms with Crippen molar-refractivity contribution in [2.24, 2.45) is 0 Å². The van der Waals surface area contributed by atoms with E-state index in [0.29, 0.717) is 29.7 Å². The molecule has 1 aromatic heterocycles. The summed E-state index contributed by atoms with van der Waals surface area (Å²) < 4.78 is 40.7. The molecule has 0 fully saturated rings. The minimum atomic E-state index is -0.694. The van der Waals surface area contributed by atoms with Crippen molar-refractivity contribution in [2.75, 3.05) is 13.2 Å². The number of aromatic nitrogens is 3. The molecular formula is C22H22ClF2N3O2. The van der Waals surface area contributed by atoms with Crippen molar-refractivity contribution in [3.8, 4) is 5.75 Å². The van der Waals surface area contributed by atoms with Crippen molar-refractivity contribution >= 4 is 23.1 Å². The topological polar surface area (TPSA) is 49.2 Å². The van der Waals surface area contributed by atoms with E-state index in [4.69, 9.17) is 21.1 Å². The molecule has 0 aliphatic carbocycles. The molecule has 158 valence electrons. The second-order valence-electron chi connectivity index (χ2n) is 6.59. The third-order valence-electron chi connectivity index (χ3n) is 4.38. The molecule has 30 heavy (non-hydrogen) atoms. The van der Waals surface area contributed by atoms with E-state index in [2.05, 4.69) is 10.1 Å². The predicted molar refractivity (Wildman–Crippen MR) is 112 cm³/mol. The van der Waals surface area contributed by atoms with Gasteiger partial charge in [-0.1, -0.05) is 11.6 Å². The average molecular weight is 434 g/mol. The molecule has 0 radical (unpaired) electrons. The maximum Gasteiger partial charge on any atom is 0.150 e. The lowest BCUT2D eigenvalue weighted by atomic mass is 10.1. The van der Waals surface area contributed by atoms with Crippen LogP contribution in [0.5, 0.6) is 5.75 Å². The smallest absolute Gasteiger partial charge is 0.150 e.